The summed E-state index contributed by atoms with van der Waals surface area (Å²) in [6.45, 7) is 1.91. The second kappa shape index (κ2) is 5.91. The van der Waals surface area contributed by atoms with Crippen molar-refractivity contribution in [2.45, 2.75) is 32.2 Å². The molecule has 0 aromatic rings. The van der Waals surface area contributed by atoms with Gasteiger partial charge in [-0.3, -0.25) is 4.79 Å². The molecule has 0 aliphatic heterocycles. The molecular weight excluding hydrogens is 208 g/mol. The van der Waals surface area contributed by atoms with Crippen LogP contribution < -0.4 is 5.32 Å². The van der Waals surface area contributed by atoms with Crippen LogP contribution in [0.25, 0.3) is 0 Å². The molecule has 1 rings (SSSR count). The Hall–Kier alpha value is -1.83. The lowest BCUT2D eigenvalue weighted by atomic mass is 10.0. The van der Waals surface area contributed by atoms with Gasteiger partial charge in [0.15, 0.2) is 5.78 Å². The van der Waals surface area contributed by atoms with Gasteiger partial charge < -0.3 is 10.1 Å². The molecule has 1 atom stereocenters. The van der Waals surface area contributed by atoms with Crippen molar-refractivity contribution in [2.75, 3.05) is 6.61 Å². The number of carbonyl (C=O) groups is 2. The van der Waals surface area contributed by atoms with Crippen molar-refractivity contribution in [1.82, 2.24) is 5.32 Å². The second-order valence-electron chi connectivity index (χ2n) is 3.45. The SMILES string of the molecule is CCOC(=O)C(C#N)NC1=CC(=O)CCC1. The maximum absolute atomic E-state index is 11.3. The predicted molar refractivity (Wildman–Crippen MR) is 56.1 cm³/mol. The Morgan fingerprint density at radius 3 is 3.00 bits per heavy atom. The predicted octanol–water partition coefficient (Wildman–Crippen LogP) is 0.668. The number of rotatable bonds is 4. The third-order valence-corrected chi connectivity index (χ3v) is 2.19. The summed E-state index contributed by atoms with van der Waals surface area (Å²) in [6, 6.07) is 0.781. The van der Waals surface area contributed by atoms with Crippen molar-refractivity contribution in [3.05, 3.63) is 11.8 Å². The van der Waals surface area contributed by atoms with E-state index in [-0.39, 0.29) is 12.4 Å². The average molecular weight is 222 g/mol. The highest BCUT2D eigenvalue weighted by molar-refractivity contribution is 5.91. The minimum Gasteiger partial charge on any atom is -0.464 e. The molecule has 0 fully saturated rings. The van der Waals surface area contributed by atoms with Crippen LogP contribution in [0.4, 0.5) is 0 Å². The molecule has 1 N–H and O–H groups in total. The Kier molecular flexibility index (Phi) is 4.52. The summed E-state index contributed by atoms with van der Waals surface area (Å²) in [7, 11) is 0. The molecule has 1 aliphatic carbocycles. The molecule has 1 aliphatic rings. The van der Waals surface area contributed by atoms with Gasteiger partial charge in [-0.1, -0.05) is 0 Å². The number of nitrogens with one attached hydrogen (secondary N) is 1. The fourth-order valence-electron chi connectivity index (χ4n) is 1.46. The van der Waals surface area contributed by atoms with Gasteiger partial charge in [0.2, 0.25) is 6.04 Å². The first-order valence-corrected chi connectivity index (χ1v) is 5.23. The Bertz CT molecular complexity index is 355. The van der Waals surface area contributed by atoms with Crippen molar-refractivity contribution in [1.29, 1.82) is 5.26 Å². The van der Waals surface area contributed by atoms with E-state index in [9.17, 15) is 9.59 Å². The van der Waals surface area contributed by atoms with Gasteiger partial charge in [0.05, 0.1) is 12.7 Å². The van der Waals surface area contributed by atoms with E-state index in [0.29, 0.717) is 18.5 Å². The Labute approximate surface area is 94.1 Å². The maximum atomic E-state index is 11.3. The van der Waals surface area contributed by atoms with Gasteiger partial charge >= 0.3 is 5.97 Å². The zero-order valence-electron chi connectivity index (χ0n) is 9.16. The number of carbonyl (C=O) groups excluding carboxylic acids is 2. The van der Waals surface area contributed by atoms with E-state index in [1.165, 1.54) is 6.08 Å². The number of allylic oxidation sites excluding steroid dienone is 2. The number of nitrogens with zero attached hydrogens (tertiary/aromatic N) is 1. The first-order chi connectivity index (χ1) is 7.67. The monoisotopic (exact) mass is 222 g/mol. The molecule has 0 saturated carbocycles. The van der Waals surface area contributed by atoms with E-state index < -0.39 is 12.0 Å². The Morgan fingerprint density at radius 1 is 1.69 bits per heavy atom. The van der Waals surface area contributed by atoms with Crippen LogP contribution in [0.5, 0.6) is 0 Å². The number of ether oxygens (including phenoxy) is 1. The number of ketones is 1. The van der Waals surface area contributed by atoms with E-state index in [0.717, 1.165) is 6.42 Å². The summed E-state index contributed by atoms with van der Waals surface area (Å²) in [5, 5.41) is 11.5. The van der Waals surface area contributed by atoms with Gasteiger partial charge in [0, 0.05) is 18.2 Å². The van der Waals surface area contributed by atoms with E-state index >= 15 is 0 Å². The lowest BCUT2D eigenvalue weighted by Crippen LogP contribution is -2.37. The van der Waals surface area contributed by atoms with Crippen molar-refractivity contribution in [3.8, 4) is 6.07 Å². The summed E-state index contributed by atoms with van der Waals surface area (Å²) in [5.74, 6) is -0.585. The molecule has 0 heterocycles. The molecular formula is C11H14N2O3. The van der Waals surface area contributed by atoms with Gasteiger partial charge in [-0.25, -0.2) is 4.79 Å². The smallest absolute Gasteiger partial charge is 0.343 e. The molecule has 0 aromatic heterocycles. The summed E-state index contributed by atoms with van der Waals surface area (Å²) < 4.78 is 4.73. The summed E-state index contributed by atoms with van der Waals surface area (Å²) >= 11 is 0. The summed E-state index contributed by atoms with van der Waals surface area (Å²) in [5.41, 5.74) is 0.635. The van der Waals surface area contributed by atoms with Crippen molar-refractivity contribution >= 4 is 11.8 Å². The molecule has 0 spiro atoms. The normalized spacial score (nSPS) is 17.0. The largest absolute Gasteiger partial charge is 0.464 e. The third kappa shape index (κ3) is 3.39. The van der Waals surface area contributed by atoms with Gasteiger partial charge in [0.1, 0.15) is 0 Å². The molecule has 5 heteroatoms. The van der Waals surface area contributed by atoms with E-state index in [1.807, 2.05) is 6.07 Å². The zero-order chi connectivity index (χ0) is 12.0. The number of esters is 1. The lowest BCUT2D eigenvalue weighted by Gasteiger charge is -2.17. The van der Waals surface area contributed by atoms with Crippen LogP contribution in [-0.4, -0.2) is 24.4 Å². The first kappa shape index (κ1) is 12.2. The fraction of sp³-hybridized carbons (Fsp3) is 0.545. The topological polar surface area (TPSA) is 79.2 Å². The minimum atomic E-state index is -1.03. The highest BCUT2D eigenvalue weighted by Gasteiger charge is 2.21. The number of hydrogen-bond donors (Lipinski definition) is 1. The average Bonchev–Trinajstić information content (AvgIpc) is 2.26. The quantitative estimate of drug-likeness (QED) is 0.707. The van der Waals surface area contributed by atoms with Gasteiger partial charge in [-0.2, -0.15) is 5.26 Å². The van der Waals surface area contributed by atoms with E-state index in [1.54, 1.807) is 6.92 Å². The molecule has 0 saturated heterocycles. The minimum absolute atomic E-state index is 0.0225. The summed E-state index contributed by atoms with van der Waals surface area (Å²) in [4.78, 5) is 22.4. The molecule has 0 aromatic carbocycles. The molecule has 5 nitrogen and oxygen atoms in total. The number of nitriles is 1. The molecule has 0 bridgehead atoms. The van der Waals surface area contributed by atoms with Gasteiger partial charge in [-0.05, 0) is 19.8 Å². The molecule has 0 amide bonds. The highest BCUT2D eigenvalue weighted by Crippen LogP contribution is 2.13. The van der Waals surface area contributed by atoms with E-state index in [4.69, 9.17) is 10.00 Å². The maximum Gasteiger partial charge on any atom is 0.343 e. The third-order valence-electron chi connectivity index (χ3n) is 2.19. The van der Waals surface area contributed by atoms with Crippen molar-refractivity contribution in [3.63, 3.8) is 0 Å². The second-order valence-corrected chi connectivity index (χ2v) is 3.45. The standard InChI is InChI=1S/C11H14N2O3/c1-2-16-11(15)10(7-12)13-8-4-3-5-9(14)6-8/h6,10,13H,2-5H2,1H3. The van der Waals surface area contributed by atoms with Crippen LogP contribution in [0.3, 0.4) is 0 Å². The van der Waals surface area contributed by atoms with Crippen molar-refractivity contribution in [2.24, 2.45) is 0 Å². The van der Waals surface area contributed by atoms with Crippen molar-refractivity contribution < 1.29 is 14.3 Å². The lowest BCUT2D eigenvalue weighted by molar-refractivity contribution is -0.143. The van der Waals surface area contributed by atoms with Crippen LogP contribution in [0.1, 0.15) is 26.2 Å². The van der Waals surface area contributed by atoms with Crippen LogP contribution >= 0.6 is 0 Å². The van der Waals surface area contributed by atoms with Gasteiger partial charge in [-0.15, -0.1) is 0 Å². The Morgan fingerprint density at radius 2 is 2.44 bits per heavy atom. The molecule has 1 unspecified atom stereocenters. The van der Waals surface area contributed by atoms with Crippen LogP contribution in [0.2, 0.25) is 0 Å². The van der Waals surface area contributed by atoms with Crippen LogP contribution in [0, 0.1) is 11.3 Å². The molecule has 86 valence electrons. The first-order valence-electron chi connectivity index (χ1n) is 5.23. The number of hydrogen-bond acceptors (Lipinski definition) is 5. The molecule has 16 heavy (non-hydrogen) atoms. The summed E-state index contributed by atoms with van der Waals surface area (Å²) in [6.07, 6.45) is 3.41. The van der Waals surface area contributed by atoms with E-state index in [2.05, 4.69) is 5.32 Å². The molecule has 0 radical (unpaired) electrons. The fourth-order valence-corrected chi connectivity index (χ4v) is 1.46. The van der Waals surface area contributed by atoms with Gasteiger partial charge in [0.25, 0.3) is 0 Å². The van der Waals surface area contributed by atoms with Crippen LogP contribution in [-0.2, 0) is 14.3 Å². The highest BCUT2D eigenvalue weighted by atomic mass is 16.5. The zero-order valence-corrected chi connectivity index (χ0v) is 9.16. The Balaban J connectivity index is 2.60. The van der Waals surface area contributed by atoms with Crippen LogP contribution in [0.15, 0.2) is 11.8 Å².